The maximum atomic E-state index is 5.61. The highest BCUT2D eigenvalue weighted by Gasteiger charge is 2.07. The van der Waals surface area contributed by atoms with Crippen molar-refractivity contribution in [2.75, 3.05) is 7.11 Å². The van der Waals surface area contributed by atoms with E-state index in [2.05, 4.69) is 4.98 Å². The topological polar surface area (TPSA) is 48.1 Å². The van der Waals surface area contributed by atoms with Crippen LogP contribution in [0.25, 0.3) is 10.6 Å². The van der Waals surface area contributed by atoms with Crippen LogP contribution in [0.1, 0.15) is 10.6 Å². The Labute approximate surface area is 98.9 Å². The first-order chi connectivity index (χ1) is 7.74. The fourth-order valence-electron chi connectivity index (χ4n) is 1.47. The fourth-order valence-corrected chi connectivity index (χ4v) is 2.42. The number of rotatable bonds is 3. The molecule has 3 nitrogen and oxygen atoms in total. The van der Waals surface area contributed by atoms with Crippen molar-refractivity contribution in [2.45, 2.75) is 13.5 Å². The fraction of sp³-hybridized carbons (Fsp3) is 0.250. The molecule has 0 bridgehead atoms. The summed E-state index contributed by atoms with van der Waals surface area (Å²) in [5, 5.41) is 1.01. The minimum Gasteiger partial charge on any atom is -0.497 e. The van der Waals surface area contributed by atoms with Crippen molar-refractivity contribution in [3.8, 4) is 16.3 Å². The molecular formula is C12H14N2OS. The number of aromatic nitrogens is 1. The Morgan fingerprint density at radius 1 is 1.31 bits per heavy atom. The van der Waals surface area contributed by atoms with Gasteiger partial charge < -0.3 is 10.5 Å². The molecule has 1 heterocycles. The van der Waals surface area contributed by atoms with Gasteiger partial charge in [-0.25, -0.2) is 4.98 Å². The van der Waals surface area contributed by atoms with Crippen LogP contribution in [0.15, 0.2) is 24.3 Å². The number of aryl methyl sites for hydroxylation is 1. The summed E-state index contributed by atoms with van der Waals surface area (Å²) in [7, 11) is 1.66. The van der Waals surface area contributed by atoms with E-state index in [1.165, 1.54) is 4.88 Å². The first-order valence-electron chi connectivity index (χ1n) is 5.05. The van der Waals surface area contributed by atoms with Crippen LogP contribution >= 0.6 is 11.3 Å². The summed E-state index contributed by atoms with van der Waals surface area (Å²) in [5.41, 5.74) is 7.70. The number of nitrogens with zero attached hydrogens (tertiary/aromatic N) is 1. The van der Waals surface area contributed by atoms with E-state index in [0.717, 1.165) is 22.0 Å². The first-order valence-corrected chi connectivity index (χ1v) is 5.87. The van der Waals surface area contributed by atoms with Crippen molar-refractivity contribution < 1.29 is 4.74 Å². The predicted octanol–water partition coefficient (Wildman–Crippen LogP) is 2.59. The average molecular weight is 234 g/mol. The second-order valence-corrected chi connectivity index (χ2v) is 4.66. The molecule has 2 aromatic rings. The number of hydrogen-bond acceptors (Lipinski definition) is 4. The lowest BCUT2D eigenvalue weighted by Gasteiger charge is -2.00. The zero-order valence-corrected chi connectivity index (χ0v) is 10.2. The highest BCUT2D eigenvalue weighted by atomic mass is 32.1. The molecule has 0 saturated heterocycles. The van der Waals surface area contributed by atoms with Gasteiger partial charge in [-0.15, -0.1) is 11.3 Å². The third-order valence-electron chi connectivity index (χ3n) is 2.42. The van der Waals surface area contributed by atoms with Crippen molar-refractivity contribution >= 4 is 11.3 Å². The Morgan fingerprint density at radius 2 is 2.00 bits per heavy atom. The van der Waals surface area contributed by atoms with Gasteiger partial charge in [-0.3, -0.25) is 0 Å². The van der Waals surface area contributed by atoms with E-state index in [0.29, 0.717) is 6.54 Å². The number of ether oxygens (including phenoxy) is 1. The Hall–Kier alpha value is -1.39. The summed E-state index contributed by atoms with van der Waals surface area (Å²) in [6.07, 6.45) is 0. The third-order valence-corrected chi connectivity index (χ3v) is 3.49. The highest BCUT2D eigenvalue weighted by molar-refractivity contribution is 7.15. The molecular weight excluding hydrogens is 220 g/mol. The molecule has 4 heteroatoms. The van der Waals surface area contributed by atoms with Gasteiger partial charge in [0.25, 0.3) is 0 Å². The van der Waals surface area contributed by atoms with E-state index in [1.807, 2.05) is 31.2 Å². The van der Waals surface area contributed by atoms with Gasteiger partial charge in [0.05, 0.1) is 12.8 Å². The van der Waals surface area contributed by atoms with Crippen molar-refractivity contribution in [1.82, 2.24) is 4.98 Å². The Kier molecular flexibility index (Phi) is 3.22. The quantitative estimate of drug-likeness (QED) is 0.888. The van der Waals surface area contributed by atoms with Crippen LogP contribution in [0.2, 0.25) is 0 Å². The summed E-state index contributed by atoms with van der Waals surface area (Å²) in [5.74, 6) is 0.857. The Morgan fingerprint density at radius 3 is 2.50 bits per heavy atom. The van der Waals surface area contributed by atoms with Crippen LogP contribution in [0.4, 0.5) is 0 Å². The zero-order valence-electron chi connectivity index (χ0n) is 9.36. The van der Waals surface area contributed by atoms with Gasteiger partial charge in [0, 0.05) is 17.0 Å². The third kappa shape index (κ3) is 2.08. The predicted molar refractivity (Wildman–Crippen MR) is 66.7 cm³/mol. The molecule has 0 amide bonds. The largest absolute Gasteiger partial charge is 0.497 e. The Bertz CT molecular complexity index is 476. The lowest BCUT2D eigenvalue weighted by Crippen LogP contribution is -1.97. The van der Waals surface area contributed by atoms with Crippen LogP contribution in [0.3, 0.4) is 0 Å². The molecule has 1 aromatic heterocycles. The lowest BCUT2D eigenvalue weighted by atomic mass is 10.2. The number of benzene rings is 1. The average Bonchev–Trinajstić information content (AvgIpc) is 2.71. The van der Waals surface area contributed by atoms with E-state index in [9.17, 15) is 0 Å². The maximum absolute atomic E-state index is 5.61. The minimum absolute atomic E-state index is 0.499. The summed E-state index contributed by atoms with van der Waals surface area (Å²) >= 11 is 1.67. The van der Waals surface area contributed by atoms with Crippen LogP contribution in [-0.2, 0) is 6.54 Å². The standard InChI is InChI=1S/C12H14N2OS/c1-8-11(7-13)14-12(16-8)9-3-5-10(15-2)6-4-9/h3-6H,7,13H2,1-2H3. The maximum Gasteiger partial charge on any atom is 0.123 e. The molecule has 0 spiro atoms. The summed E-state index contributed by atoms with van der Waals surface area (Å²) in [4.78, 5) is 5.69. The van der Waals surface area contributed by atoms with Gasteiger partial charge in [0.2, 0.25) is 0 Å². The molecule has 2 N–H and O–H groups in total. The second-order valence-electron chi connectivity index (χ2n) is 3.45. The molecule has 0 aliphatic carbocycles. The summed E-state index contributed by atoms with van der Waals surface area (Å²) in [6.45, 7) is 2.55. The molecule has 0 aliphatic rings. The van der Waals surface area contributed by atoms with E-state index < -0.39 is 0 Å². The summed E-state index contributed by atoms with van der Waals surface area (Å²) in [6, 6.07) is 7.90. The SMILES string of the molecule is COc1ccc(-c2nc(CN)c(C)s2)cc1. The van der Waals surface area contributed by atoms with Crippen molar-refractivity contribution in [1.29, 1.82) is 0 Å². The molecule has 84 valence electrons. The molecule has 16 heavy (non-hydrogen) atoms. The van der Waals surface area contributed by atoms with Crippen LogP contribution in [-0.4, -0.2) is 12.1 Å². The van der Waals surface area contributed by atoms with Gasteiger partial charge in [-0.2, -0.15) is 0 Å². The zero-order chi connectivity index (χ0) is 11.5. The monoisotopic (exact) mass is 234 g/mol. The molecule has 0 radical (unpaired) electrons. The molecule has 0 aliphatic heterocycles. The highest BCUT2D eigenvalue weighted by Crippen LogP contribution is 2.28. The Balaban J connectivity index is 2.34. The second kappa shape index (κ2) is 4.63. The van der Waals surface area contributed by atoms with Gasteiger partial charge in [0.15, 0.2) is 0 Å². The molecule has 0 unspecified atom stereocenters. The van der Waals surface area contributed by atoms with Crippen LogP contribution < -0.4 is 10.5 Å². The van der Waals surface area contributed by atoms with Gasteiger partial charge in [0.1, 0.15) is 10.8 Å². The smallest absolute Gasteiger partial charge is 0.123 e. The molecule has 0 saturated carbocycles. The number of thiazole rings is 1. The van der Waals surface area contributed by atoms with Crippen molar-refractivity contribution in [3.05, 3.63) is 34.8 Å². The van der Waals surface area contributed by atoms with Crippen molar-refractivity contribution in [2.24, 2.45) is 5.73 Å². The number of methoxy groups -OCH3 is 1. The van der Waals surface area contributed by atoms with Crippen LogP contribution in [0.5, 0.6) is 5.75 Å². The first kappa shape index (κ1) is 11.1. The van der Waals surface area contributed by atoms with E-state index in [-0.39, 0.29) is 0 Å². The number of nitrogens with two attached hydrogens (primary N) is 1. The van der Waals surface area contributed by atoms with Gasteiger partial charge >= 0.3 is 0 Å². The normalized spacial score (nSPS) is 10.4. The van der Waals surface area contributed by atoms with Crippen molar-refractivity contribution in [3.63, 3.8) is 0 Å². The molecule has 0 fully saturated rings. The lowest BCUT2D eigenvalue weighted by molar-refractivity contribution is 0.415. The molecule has 2 rings (SSSR count). The molecule has 0 atom stereocenters. The van der Waals surface area contributed by atoms with E-state index in [1.54, 1.807) is 18.4 Å². The number of hydrogen-bond donors (Lipinski definition) is 1. The summed E-state index contributed by atoms with van der Waals surface area (Å²) < 4.78 is 5.12. The van der Waals surface area contributed by atoms with E-state index >= 15 is 0 Å². The van der Waals surface area contributed by atoms with Crippen LogP contribution in [0, 0.1) is 6.92 Å². The minimum atomic E-state index is 0.499. The van der Waals surface area contributed by atoms with Gasteiger partial charge in [-0.05, 0) is 31.2 Å². The van der Waals surface area contributed by atoms with E-state index in [4.69, 9.17) is 10.5 Å². The molecule has 1 aromatic carbocycles. The van der Waals surface area contributed by atoms with Gasteiger partial charge in [-0.1, -0.05) is 0 Å².